The molecule has 0 aromatic heterocycles. The first-order chi connectivity index (χ1) is 9.90. The van der Waals surface area contributed by atoms with Gasteiger partial charge in [0.2, 0.25) is 0 Å². The minimum Gasteiger partial charge on any atom is -0.493 e. The molecule has 0 spiro atoms. The predicted molar refractivity (Wildman–Crippen MR) is 89.3 cm³/mol. The number of piperidine rings is 3. The highest BCUT2D eigenvalue weighted by Crippen LogP contribution is 2.33. The van der Waals surface area contributed by atoms with Crippen LogP contribution in [0.4, 0.5) is 0 Å². The van der Waals surface area contributed by atoms with E-state index in [-0.39, 0.29) is 12.4 Å². The third-order valence-electron chi connectivity index (χ3n) is 4.99. The molecule has 0 N–H and O–H groups in total. The van der Waals surface area contributed by atoms with E-state index < -0.39 is 0 Å². The molecule has 3 heterocycles. The van der Waals surface area contributed by atoms with E-state index in [2.05, 4.69) is 47.4 Å². The molecule has 2 aromatic rings. The van der Waals surface area contributed by atoms with E-state index in [9.17, 15) is 0 Å². The van der Waals surface area contributed by atoms with Crippen LogP contribution < -0.4 is 4.74 Å². The summed E-state index contributed by atoms with van der Waals surface area (Å²) in [5.41, 5.74) is 0. The van der Waals surface area contributed by atoms with Gasteiger partial charge in [-0.15, -0.1) is 12.4 Å². The zero-order valence-electron chi connectivity index (χ0n) is 12.2. The lowest BCUT2D eigenvalue weighted by atomic mass is 9.79. The van der Waals surface area contributed by atoms with Gasteiger partial charge < -0.3 is 9.64 Å². The summed E-state index contributed by atoms with van der Waals surface area (Å²) in [6, 6.07) is 14.8. The van der Waals surface area contributed by atoms with Gasteiger partial charge in [-0.1, -0.05) is 36.4 Å². The van der Waals surface area contributed by atoms with Crippen molar-refractivity contribution in [1.29, 1.82) is 0 Å². The number of hydrogen-bond acceptors (Lipinski definition) is 2. The maximum atomic E-state index is 6.18. The number of hydrogen-bond donors (Lipinski definition) is 0. The normalized spacial score (nSPS) is 27.3. The lowest BCUT2D eigenvalue weighted by Crippen LogP contribution is -2.49. The second-order valence-corrected chi connectivity index (χ2v) is 6.19. The van der Waals surface area contributed by atoms with Crippen molar-refractivity contribution in [2.75, 3.05) is 26.2 Å². The van der Waals surface area contributed by atoms with Crippen molar-refractivity contribution < 1.29 is 4.74 Å². The smallest absolute Gasteiger partial charge is 0.127 e. The number of halogens is 1. The van der Waals surface area contributed by atoms with E-state index >= 15 is 0 Å². The second kappa shape index (κ2) is 6.25. The Morgan fingerprint density at radius 2 is 1.76 bits per heavy atom. The maximum absolute atomic E-state index is 6.18. The second-order valence-electron chi connectivity index (χ2n) is 6.19. The minimum absolute atomic E-state index is 0. The standard InChI is InChI=1S/C18H21NO.ClH/c1-2-6-17-15(4-1)5-3-7-18(17)20-13-16-12-19-10-8-14(16)9-11-19;/h1-7,14,16H,8-13H2;1H. The Hall–Kier alpha value is -1.25. The fourth-order valence-electron chi connectivity index (χ4n) is 3.79. The van der Waals surface area contributed by atoms with Crippen LogP contribution in [0.3, 0.4) is 0 Å². The lowest BCUT2D eigenvalue weighted by Gasteiger charge is -2.44. The zero-order valence-corrected chi connectivity index (χ0v) is 13.0. The number of rotatable bonds is 3. The Morgan fingerprint density at radius 1 is 1.00 bits per heavy atom. The predicted octanol–water partition coefficient (Wildman–Crippen LogP) is 3.98. The average Bonchev–Trinajstić information content (AvgIpc) is 2.54. The Kier molecular flexibility index (Phi) is 4.37. The molecule has 3 fully saturated rings. The Morgan fingerprint density at radius 3 is 2.52 bits per heavy atom. The third kappa shape index (κ3) is 2.88. The molecule has 2 aromatic carbocycles. The van der Waals surface area contributed by atoms with Gasteiger partial charge in [0.25, 0.3) is 0 Å². The third-order valence-corrected chi connectivity index (χ3v) is 4.99. The molecule has 3 aliphatic heterocycles. The van der Waals surface area contributed by atoms with Crippen LogP contribution in [0.2, 0.25) is 0 Å². The molecule has 0 saturated carbocycles. The van der Waals surface area contributed by atoms with E-state index in [1.54, 1.807) is 0 Å². The monoisotopic (exact) mass is 303 g/mol. The summed E-state index contributed by atoms with van der Waals surface area (Å²) in [5.74, 6) is 2.64. The SMILES string of the molecule is Cl.c1ccc2c(OCC3CN4CCC3CC4)cccc2c1. The molecule has 3 aliphatic rings. The quantitative estimate of drug-likeness (QED) is 0.850. The molecule has 2 bridgehead atoms. The fourth-order valence-corrected chi connectivity index (χ4v) is 3.79. The molecule has 3 saturated heterocycles. The summed E-state index contributed by atoms with van der Waals surface area (Å²) in [4.78, 5) is 2.59. The van der Waals surface area contributed by atoms with Crippen LogP contribution in [-0.4, -0.2) is 31.1 Å². The van der Waals surface area contributed by atoms with Crippen molar-refractivity contribution in [3.8, 4) is 5.75 Å². The van der Waals surface area contributed by atoms with Gasteiger partial charge in [-0.2, -0.15) is 0 Å². The summed E-state index contributed by atoms with van der Waals surface area (Å²) < 4.78 is 6.18. The molecule has 5 rings (SSSR count). The van der Waals surface area contributed by atoms with Gasteiger partial charge >= 0.3 is 0 Å². The van der Waals surface area contributed by atoms with Crippen molar-refractivity contribution >= 4 is 23.2 Å². The van der Waals surface area contributed by atoms with Crippen LogP contribution >= 0.6 is 12.4 Å². The molecule has 0 radical (unpaired) electrons. The van der Waals surface area contributed by atoms with Gasteiger partial charge in [-0.05, 0) is 43.3 Å². The van der Waals surface area contributed by atoms with Crippen molar-refractivity contribution in [2.24, 2.45) is 11.8 Å². The molecule has 0 aliphatic carbocycles. The van der Waals surface area contributed by atoms with Gasteiger partial charge in [0.15, 0.2) is 0 Å². The van der Waals surface area contributed by atoms with Crippen molar-refractivity contribution in [2.45, 2.75) is 12.8 Å². The topological polar surface area (TPSA) is 12.5 Å². The summed E-state index contributed by atoms with van der Waals surface area (Å²) in [5, 5.41) is 2.50. The van der Waals surface area contributed by atoms with Crippen LogP contribution in [0.5, 0.6) is 5.75 Å². The van der Waals surface area contributed by atoms with Gasteiger partial charge in [-0.3, -0.25) is 0 Å². The van der Waals surface area contributed by atoms with E-state index in [1.165, 1.54) is 43.2 Å². The highest BCUT2D eigenvalue weighted by atomic mass is 35.5. The van der Waals surface area contributed by atoms with Crippen molar-refractivity contribution in [3.63, 3.8) is 0 Å². The molecule has 0 amide bonds. The number of nitrogens with zero attached hydrogens (tertiary/aromatic N) is 1. The summed E-state index contributed by atoms with van der Waals surface area (Å²) in [6.45, 7) is 4.70. The molecule has 3 heteroatoms. The maximum Gasteiger partial charge on any atom is 0.127 e. The first kappa shape index (κ1) is 14.7. The summed E-state index contributed by atoms with van der Waals surface area (Å²) in [7, 11) is 0. The van der Waals surface area contributed by atoms with Crippen LogP contribution in [0, 0.1) is 11.8 Å². The summed E-state index contributed by atoms with van der Waals surface area (Å²) >= 11 is 0. The van der Waals surface area contributed by atoms with Gasteiger partial charge in [0, 0.05) is 17.8 Å². The lowest BCUT2D eigenvalue weighted by molar-refractivity contribution is 0.0260. The van der Waals surface area contributed by atoms with Gasteiger partial charge in [0.1, 0.15) is 5.75 Å². The van der Waals surface area contributed by atoms with Gasteiger partial charge in [0.05, 0.1) is 6.61 Å². The van der Waals surface area contributed by atoms with E-state index in [0.717, 1.165) is 24.2 Å². The first-order valence-corrected chi connectivity index (χ1v) is 7.73. The largest absolute Gasteiger partial charge is 0.493 e. The number of ether oxygens (including phenoxy) is 1. The molecular formula is C18H22ClNO. The van der Waals surface area contributed by atoms with Crippen LogP contribution in [-0.2, 0) is 0 Å². The van der Waals surface area contributed by atoms with E-state index in [0.29, 0.717) is 0 Å². The van der Waals surface area contributed by atoms with Gasteiger partial charge in [-0.25, -0.2) is 0 Å². The number of fused-ring (bicyclic) bond motifs is 4. The Labute approximate surface area is 132 Å². The first-order valence-electron chi connectivity index (χ1n) is 7.73. The van der Waals surface area contributed by atoms with Crippen molar-refractivity contribution in [3.05, 3.63) is 42.5 Å². The molecule has 112 valence electrons. The number of benzene rings is 2. The van der Waals surface area contributed by atoms with E-state index in [4.69, 9.17) is 4.74 Å². The van der Waals surface area contributed by atoms with Crippen LogP contribution in [0.1, 0.15) is 12.8 Å². The molecule has 21 heavy (non-hydrogen) atoms. The Bertz CT molecular complexity index is 602. The Balaban J connectivity index is 0.00000132. The molecular weight excluding hydrogens is 282 g/mol. The molecule has 1 unspecified atom stereocenters. The highest BCUT2D eigenvalue weighted by molar-refractivity contribution is 5.88. The van der Waals surface area contributed by atoms with E-state index in [1.807, 2.05) is 0 Å². The molecule has 1 atom stereocenters. The van der Waals surface area contributed by atoms with Crippen molar-refractivity contribution in [1.82, 2.24) is 4.90 Å². The fraction of sp³-hybridized carbons (Fsp3) is 0.444. The summed E-state index contributed by atoms with van der Waals surface area (Å²) in [6.07, 6.45) is 2.73. The average molecular weight is 304 g/mol. The van der Waals surface area contributed by atoms with Crippen LogP contribution in [0.15, 0.2) is 42.5 Å². The zero-order chi connectivity index (χ0) is 13.4. The van der Waals surface area contributed by atoms with Crippen LogP contribution in [0.25, 0.3) is 10.8 Å². The highest BCUT2D eigenvalue weighted by Gasteiger charge is 2.34. The minimum atomic E-state index is 0. The molecule has 2 nitrogen and oxygen atoms in total.